The number of hydrogen-bond acceptors (Lipinski definition) is 4. The second-order valence-corrected chi connectivity index (χ2v) is 2.33. The van der Waals surface area contributed by atoms with E-state index in [1.807, 2.05) is 0 Å². The molecule has 0 saturated carbocycles. The van der Waals surface area contributed by atoms with E-state index in [-0.39, 0.29) is 29.3 Å². The van der Waals surface area contributed by atoms with Crippen LogP contribution >= 0.6 is 0 Å². The van der Waals surface area contributed by atoms with Gasteiger partial charge in [0.05, 0.1) is 13.7 Å². The lowest BCUT2D eigenvalue weighted by Crippen LogP contribution is -1.88. The molecule has 5 N–H and O–H groups in total. The maximum Gasteiger partial charge on any atom is 0.202 e. The molecule has 0 aromatic heterocycles. The average Bonchev–Trinajstić information content (AvgIpc) is 2.03. The summed E-state index contributed by atoms with van der Waals surface area (Å²) in [6.07, 6.45) is 0. The van der Waals surface area contributed by atoms with Gasteiger partial charge in [-0.2, -0.15) is 0 Å². The van der Waals surface area contributed by atoms with Crippen molar-refractivity contribution in [1.82, 2.24) is 0 Å². The van der Waals surface area contributed by atoms with Crippen LogP contribution in [0.15, 0.2) is 12.1 Å². The van der Waals surface area contributed by atoms with Crippen molar-refractivity contribution in [2.24, 2.45) is 0 Å². The van der Waals surface area contributed by atoms with E-state index in [1.165, 1.54) is 19.2 Å². The number of ether oxygens (including phenoxy) is 1. The highest BCUT2D eigenvalue weighted by Crippen LogP contribution is 2.36. The molecule has 1 aromatic carbocycles. The number of methoxy groups -OCH3 is 1. The highest BCUT2D eigenvalue weighted by atomic mass is 16.5. The van der Waals surface area contributed by atoms with Crippen molar-refractivity contribution in [3.8, 4) is 17.2 Å². The molecule has 0 aliphatic heterocycles. The number of aliphatic hydroxyl groups is 1. The first-order valence-electron chi connectivity index (χ1n) is 3.38. The van der Waals surface area contributed by atoms with Crippen LogP contribution in [0.5, 0.6) is 17.2 Å². The summed E-state index contributed by atoms with van der Waals surface area (Å²) >= 11 is 0. The van der Waals surface area contributed by atoms with E-state index in [9.17, 15) is 10.2 Å². The highest BCUT2D eigenvalue weighted by Gasteiger charge is 2.08. The molecule has 0 aliphatic carbocycles. The summed E-state index contributed by atoms with van der Waals surface area (Å²) in [6.45, 7) is -0.231. The Hall–Kier alpha value is -1.46. The van der Waals surface area contributed by atoms with Crippen LogP contribution in [0.1, 0.15) is 5.56 Å². The van der Waals surface area contributed by atoms with Crippen molar-refractivity contribution in [2.75, 3.05) is 7.11 Å². The molecule has 0 unspecified atom stereocenters. The smallest absolute Gasteiger partial charge is 0.202 e. The zero-order valence-corrected chi connectivity index (χ0v) is 7.11. The fourth-order valence-corrected chi connectivity index (χ4v) is 0.956. The zero-order chi connectivity index (χ0) is 9.14. The van der Waals surface area contributed by atoms with Gasteiger partial charge >= 0.3 is 0 Å². The standard InChI is InChI=1S/C8H10O4.H2O/c1-12-8-6(10)2-5(4-9)3-7(8)11;/h2-3,9-11H,4H2,1H3;1H2. The predicted octanol–water partition coefficient (Wildman–Crippen LogP) is -0.226. The third-order valence-corrected chi connectivity index (χ3v) is 1.50. The van der Waals surface area contributed by atoms with Crippen LogP contribution in [0.25, 0.3) is 0 Å². The van der Waals surface area contributed by atoms with Gasteiger partial charge in [-0.25, -0.2) is 0 Å². The normalized spacial score (nSPS) is 9.08. The molecule has 5 heteroatoms. The van der Waals surface area contributed by atoms with Crippen molar-refractivity contribution in [3.63, 3.8) is 0 Å². The van der Waals surface area contributed by atoms with E-state index < -0.39 is 0 Å². The van der Waals surface area contributed by atoms with Gasteiger partial charge in [0.25, 0.3) is 0 Å². The molecular weight excluding hydrogens is 176 g/mol. The quantitative estimate of drug-likeness (QED) is 0.596. The summed E-state index contributed by atoms with van der Waals surface area (Å²) in [5.41, 5.74) is 0.436. The van der Waals surface area contributed by atoms with Crippen LogP contribution in [-0.4, -0.2) is 27.9 Å². The fraction of sp³-hybridized carbons (Fsp3) is 0.250. The molecule has 0 spiro atoms. The predicted molar refractivity (Wildman–Crippen MR) is 45.9 cm³/mol. The van der Waals surface area contributed by atoms with E-state index >= 15 is 0 Å². The van der Waals surface area contributed by atoms with E-state index in [4.69, 9.17) is 9.84 Å². The Morgan fingerprint density at radius 1 is 1.23 bits per heavy atom. The summed E-state index contributed by atoms with van der Waals surface area (Å²) in [5.74, 6) is -0.338. The van der Waals surface area contributed by atoms with E-state index in [1.54, 1.807) is 0 Å². The lowest BCUT2D eigenvalue weighted by atomic mass is 10.2. The molecule has 13 heavy (non-hydrogen) atoms. The average molecular weight is 188 g/mol. The van der Waals surface area contributed by atoms with Gasteiger partial charge in [-0.3, -0.25) is 0 Å². The molecule has 0 saturated heterocycles. The molecule has 0 radical (unpaired) electrons. The first-order chi connectivity index (χ1) is 5.69. The van der Waals surface area contributed by atoms with Crippen molar-refractivity contribution < 1.29 is 25.5 Å². The lowest BCUT2D eigenvalue weighted by molar-refractivity contribution is 0.279. The molecule has 1 aromatic rings. The van der Waals surface area contributed by atoms with Gasteiger partial charge in [0.2, 0.25) is 5.75 Å². The third kappa shape index (κ3) is 2.24. The second kappa shape index (κ2) is 4.54. The van der Waals surface area contributed by atoms with Gasteiger partial charge in [-0.1, -0.05) is 0 Å². The number of phenols is 2. The summed E-state index contributed by atoms with van der Waals surface area (Å²) in [4.78, 5) is 0. The number of hydrogen-bond donors (Lipinski definition) is 3. The Kier molecular flexibility index (Phi) is 4.03. The fourth-order valence-electron chi connectivity index (χ4n) is 0.956. The Labute approximate surface area is 75.1 Å². The molecule has 1 rings (SSSR count). The third-order valence-electron chi connectivity index (χ3n) is 1.50. The molecule has 0 fully saturated rings. The maximum absolute atomic E-state index is 9.21. The van der Waals surface area contributed by atoms with Crippen LogP contribution in [0.3, 0.4) is 0 Å². The number of rotatable bonds is 2. The number of phenolic OH excluding ortho intramolecular Hbond substituents is 2. The second-order valence-electron chi connectivity index (χ2n) is 2.33. The lowest BCUT2D eigenvalue weighted by Gasteiger charge is -2.06. The first kappa shape index (κ1) is 11.5. The monoisotopic (exact) mass is 188 g/mol. The first-order valence-corrected chi connectivity index (χ1v) is 3.38. The summed E-state index contributed by atoms with van der Waals surface area (Å²) in [5, 5.41) is 27.1. The van der Waals surface area contributed by atoms with Crippen molar-refractivity contribution in [1.29, 1.82) is 0 Å². The Bertz CT molecular complexity index is 261. The summed E-state index contributed by atoms with van der Waals surface area (Å²) in [6, 6.07) is 2.66. The molecular formula is C8H12O5. The summed E-state index contributed by atoms with van der Waals surface area (Å²) < 4.78 is 4.69. The maximum atomic E-state index is 9.21. The van der Waals surface area contributed by atoms with Crippen molar-refractivity contribution >= 4 is 0 Å². The van der Waals surface area contributed by atoms with Gasteiger partial charge in [-0.15, -0.1) is 0 Å². The van der Waals surface area contributed by atoms with Gasteiger partial charge in [0.15, 0.2) is 11.5 Å². The van der Waals surface area contributed by atoms with Gasteiger partial charge in [-0.05, 0) is 17.7 Å². The van der Waals surface area contributed by atoms with E-state index in [0.29, 0.717) is 5.56 Å². The SMILES string of the molecule is COc1c(O)cc(CO)cc1O.O. The van der Waals surface area contributed by atoms with Crippen LogP contribution in [0.2, 0.25) is 0 Å². The van der Waals surface area contributed by atoms with Crippen LogP contribution < -0.4 is 4.74 Å². The van der Waals surface area contributed by atoms with Crippen LogP contribution in [0.4, 0.5) is 0 Å². The van der Waals surface area contributed by atoms with Gasteiger partial charge in [0, 0.05) is 0 Å². The number of benzene rings is 1. The molecule has 0 bridgehead atoms. The van der Waals surface area contributed by atoms with Gasteiger partial charge in [0.1, 0.15) is 0 Å². The number of aliphatic hydroxyl groups excluding tert-OH is 1. The molecule has 0 heterocycles. The largest absolute Gasteiger partial charge is 0.504 e. The van der Waals surface area contributed by atoms with Crippen LogP contribution in [0, 0.1) is 0 Å². The summed E-state index contributed by atoms with van der Waals surface area (Å²) in [7, 11) is 1.34. The Balaban J connectivity index is 0.00000144. The minimum atomic E-state index is -0.231. The van der Waals surface area contributed by atoms with E-state index in [2.05, 4.69) is 0 Å². The van der Waals surface area contributed by atoms with Gasteiger partial charge < -0.3 is 25.5 Å². The minimum absolute atomic E-state index is 0. The van der Waals surface area contributed by atoms with Crippen LogP contribution in [-0.2, 0) is 6.61 Å². The molecule has 0 atom stereocenters. The minimum Gasteiger partial charge on any atom is -0.504 e. The zero-order valence-electron chi connectivity index (χ0n) is 7.11. The topological polar surface area (TPSA) is 101 Å². The van der Waals surface area contributed by atoms with Crippen molar-refractivity contribution in [2.45, 2.75) is 6.61 Å². The molecule has 74 valence electrons. The van der Waals surface area contributed by atoms with Crippen molar-refractivity contribution in [3.05, 3.63) is 17.7 Å². The molecule has 5 nitrogen and oxygen atoms in total. The molecule has 0 aliphatic rings. The molecule has 0 amide bonds. The Morgan fingerprint density at radius 2 is 1.69 bits per heavy atom. The Morgan fingerprint density at radius 3 is 2.00 bits per heavy atom. The number of aromatic hydroxyl groups is 2. The van der Waals surface area contributed by atoms with E-state index in [0.717, 1.165) is 0 Å². The highest BCUT2D eigenvalue weighted by molar-refractivity contribution is 5.51.